The number of thioether (sulfide) groups is 1. The van der Waals surface area contributed by atoms with Crippen molar-refractivity contribution in [2.24, 2.45) is 0 Å². The van der Waals surface area contributed by atoms with Gasteiger partial charge in [0.15, 0.2) is 0 Å². The molecule has 2 N–H and O–H groups in total. The standard InChI is InChI=1S/C12H18N2O2S/c1-13-12(15)8-17-7-11-5-4-10(16-11)6-14-9-2-3-9/h4-5,9,14H,2-3,6-8H2,1H3,(H,13,15). The second kappa shape index (κ2) is 6.12. The lowest BCUT2D eigenvalue weighted by Crippen LogP contribution is -2.19. The van der Waals surface area contributed by atoms with Crippen LogP contribution in [0.2, 0.25) is 0 Å². The van der Waals surface area contributed by atoms with Crippen molar-refractivity contribution >= 4 is 17.7 Å². The minimum absolute atomic E-state index is 0.0529. The van der Waals surface area contributed by atoms with E-state index in [0.717, 1.165) is 23.8 Å². The Morgan fingerprint density at radius 2 is 2.24 bits per heavy atom. The molecule has 0 unspecified atom stereocenters. The van der Waals surface area contributed by atoms with Crippen molar-refractivity contribution in [3.05, 3.63) is 23.7 Å². The monoisotopic (exact) mass is 254 g/mol. The molecule has 1 fully saturated rings. The molecule has 94 valence electrons. The van der Waals surface area contributed by atoms with Gasteiger partial charge in [0.25, 0.3) is 0 Å². The van der Waals surface area contributed by atoms with Crippen molar-refractivity contribution in [2.45, 2.75) is 31.2 Å². The van der Waals surface area contributed by atoms with Gasteiger partial charge < -0.3 is 15.1 Å². The summed E-state index contributed by atoms with van der Waals surface area (Å²) in [5.41, 5.74) is 0. The average molecular weight is 254 g/mol. The van der Waals surface area contributed by atoms with Crippen LogP contribution in [0.25, 0.3) is 0 Å². The molecule has 17 heavy (non-hydrogen) atoms. The van der Waals surface area contributed by atoms with Gasteiger partial charge in [0.1, 0.15) is 11.5 Å². The van der Waals surface area contributed by atoms with Crippen molar-refractivity contribution in [2.75, 3.05) is 12.8 Å². The molecule has 4 nitrogen and oxygen atoms in total. The predicted molar refractivity (Wildman–Crippen MR) is 68.8 cm³/mol. The summed E-state index contributed by atoms with van der Waals surface area (Å²) in [6, 6.07) is 4.69. The molecule has 1 saturated carbocycles. The third-order valence-corrected chi connectivity index (χ3v) is 3.57. The van der Waals surface area contributed by atoms with Crippen molar-refractivity contribution < 1.29 is 9.21 Å². The highest BCUT2D eigenvalue weighted by Crippen LogP contribution is 2.20. The molecule has 0 atom stereocenters. The first-order valence-electron chi connectivity index (χ1n) is 5.87. The van der Waals surface area contributed by atoms with E-state index >= 15 is 0 Å². The Balaban J connectivity index is 1.67. The van der Waals surface area contributed by atoms with Crippen LogP contribution in [0.4, 0.5) is 0 Å². The average Bonchev–Trinajstić information content (AvgIpc) is 3.06. The molecule has 0 bridgehead atoms. The Kier molecular flexibility index (Phi) is 4.50. The van der Waals surface area contributed by atoms with E-state index in [1.54, 1.807) is 18.8 Å². The van der Waals surface area contributed by atoms with Gasteiger partial charge in [-0.15, -0.1) is 11.8 Å². The lowest BCUT2D eigenvalue weighted by molar-refractivity contribution is -0.118. The molecule has 2 rings (SSSR count). The minimum atomic E-state index is 0.0529. The maximum atomic E-state index is 11.0. The Bertz CT molecular complexity index is 374. The summed E-state index contributed by atoms with van der Waals surface area (Å²) in [5, 5.41) is 6.00. The molecule has 0 aliphatic heterocycles. The summed E-state index contributed by atoms with van der Waals surface area (Å²) in [7, 11) is 1.65. The summed E-state index contributed by atoms with van der Waals surface area (Å²) in [6.07, 6.45) is 2.57. The molecule has 0 saturated heterocycles. The third kappa shape index (κ3) is 4.44. The zero-order valence-corrected chi connectivity index (χ0v) is 10.8. The van der Waals surface area contributed by atoms with E-state index < -0.39 is 0 Å². The van der Waals surface area contributed by atoms with Crippen LogP contribution in [0.5, 0.6) is 0 Å². The molecular weight excluding hydrogens is 236 g/mol. The maximum Gasteiger partial charge on any atom is 0.229 e. The van der Waals surface area contributed by atoms with Gasteiger partial charge in [0.05, 0.1) is 18.1 Å². The first kappa shape index (κ1) is 12.5. The largest absolute Gasteiger partial charge is 0.464 e. The van der Waals surface area contributed by atoms with Gasteiger partial charge in [0, 0.05) is 13.1 Å². The van der Waals surface area contributed by atoms with Gasteiger partial charge in [0.2, 0.25) is 5.91 Å². The lowest BCUT2D eigenvalue weighted by atomic mass is 10.4. The van der Waals surface area contributed by atoms with Crippen LogP contribution in [0.3, 0.4) is 0 Å². The van der Waals surface area contributed by atoms with Gasteiger partial charge in [-0.1, -0.05) is 0 Å². The minimum Gasteiger partial charge on any atom is -0.464 e. The van der Waals surface area contributed by atoms with Crippen molar-refractivity contribution in [1.82, 2.24) is 10.6 Å². The van der Waals surface area contributed by atoms with E-state index in [1.165, 1.54) is 12.8 Å². The summed E-state index contributed by atoms with van der Waals surface area (Å²) in [5.74, 6) is 3.19. The highest BCUT2D eigenvalue weighted by molar-refractivity contribution is 7.99. The van der Waals surface area contributed by atoms with E-state index in [4.69, 9.17) is 4.42 Å². The van der Waals surface area contributed by atoms with Crippen molar-refractivity contribution in [3.8, 4) is 0 Å². The Morgan fingerprint density at radius 3 is 2.94 bits per heavy atom. The summed E-state index contributed by atoms with van der Waals surface area (Å²) in [6.45, 7) is 0.810. The molecule has 1 aliphatic rings. The van der Waals surface area contributed by atoms with E-state index in [2.05, 4.69) is 10.6 Å². The van der Waals surface area contributed by atoms with Crippen LogP contribution in [-0.2, 0) is 17.1 Å². The van der Waals surface area contributed by atoms with Gasteiger partial charge >= 0.3 is 0 Å². The van der Waals surface area contributed by atoms with Crippen LogP contribution in [0, 0.1) is 0 Å². The zero-order valence-electron chi connectivity index (χ0n) is 9.99. The van der Waals surface area contributed by atoms with Crippen molar-refractivity contribution in [1.29, 1.82) is 0 Å². The number of furan rings is 1. The number of hydrogen-bond donors (Lipinski definition) is 2. The van der Waals surface area contributed by atoms with Crippen molar-refractivity contribution in [3.63, 3.8) is 0 Å². The predicted octanol–water partition coefficient (Wildman–Crippen LogP) is 1.51. The number of rotatable bonds is 7. The van der Waals surface area contributed by atoms with Crippen LogP contribution in [0.15, 0.2) is 16.5 Å². The zero-order chi connectivity index (χ0) is 12.1. The molecule has 0 aromatic carbocycles. The molecule has 1 aromatic rings. The fourth-order valence-corrected chi connectivity index (χ4v) is 2.23. The number of amides is 1. The highest BCUT2D eigenvalue weighted by atomic mass is 32.2. The smallest absolute Gasteiger partial charge is 0.229 e. The Labute approximate surface area is 106 Å². The summed E-state index contributed by atoms with van der Waals surface area (Å²) >= 11 is 1.56. The fraction of sp³-hybridized carbons (Fsp3) is 0.583. The molecule has 0 radical (unpaired) electrons. The molecule has 5 heteroatoms. The van der Waals surface area contributed by atoms with Gasteiger partial charge in [-0.25, -0.2) is 0 Å². The first-order valence-corrected chi connectivity index (χ1v) is 7.02. The third-order valence-electron chi connectivity index (χ3n) is 2.62. The number of nitrogens with one attached hydrogen (secondary N) is 2. The topological polar surface area (TPSA) is 54.3 Å². The Hall–Kier alpha value is -0.940. The molecule has 1 aliphatic carbocycles. The SMILES string of the molecule is CNC(=O)CSCc1ccc(CNC2CC2)o1. The van der Waals surface area contributed by atoms with Gasteiger partial charge in [-0.05, 0) is 25.0 Å². The van der Waals surface area contributed by atoms with E-state index in [0.29, 0.717) is 11.8 Å². The molecule has 1 amide bonds. The quantitative estimate of drug-likeness (QED) is 0.774. The lowest BCUT2D eigenvalue weighted by Gasteiger charge is -2.00. The normalized spacial score (nSPS) is 14.9. The second-order valence-electron chi connectivity index (χ2n) is 4.19. The summed E-state index contributed by atoms with van der Waals surface area (Å²) < 4.78 is 5.66. The van der Waals surface area contributed by atoms with Gasteiger partial charge in [-0.3, -0.25) is 4.79 Å². The van der Waals surface area contributed by atoms with E-state index in [1.807, 2.05) is 12.1 Å². The Morgan fingerprint density at radius 1 is 1.47 bits per heavy atom. The van der Waals surface area contributed by atoms with Crippen LogP contribution in [0.1, 0.15) is 24.4 Å². The van der Waals surface area contributed by atoms with Crippen LogP contribution >= 0.6 is 11.8 Å². The van der Waals surface area contributed by atoms with Crippen LogP contribution < -0.4 is 10.6 Å². The molecule has 0 spiro atoms. The van der Waals surface area contributed by atoms with E-state index in [-0.39, 0.29) is 5.91 Å². The number of hydrogen-bond acceptors (Lipinski definition) is 4. The maximum absolute atomic E-state index is 11.0. The van der Waals surface area contributed by atoms with E-state index in [9.17, 15) is 4.79 Å². The molecule has 1 heterocycles. The highest BCUT2D eigenvalue weighted by Gasteiger charge is 2.20. The number of carbonyl (C=O) groups excluding carboxylic acids is 1. The van der Waals surface area contributed by atoms with Gasteiger partial charge in [-0.2, -0.15) is 0 Å². The molecular formula is C12H18N2O2S. The van der Waals surface area contributed by atoms with Crippen LogP contribution in [-0.4, -0.2) is 24.7 Å². The summed E-state index contributed by atoms with van der Waals surface area (Å²) in [4.78, 5) is 11.0. The second-order valence-corrected chi connectivity index (χ2v) is 5.17. The first-order chi connectivity index (χ1) is 8.28. The fourth-order valence-electron chi connectivity index (χ4n) is 1.44. The number of carbonyl (C=O) groups is 1. The molecule has 1 aromatic heterocycles.